The van der Waals surface area contributed by atoms with E-state index in [1.807, 2.05) is 0 Å². The Bertz CT molecular complexity index is 349. The van der Waals surface area contributed by atoms with Crippen molar-refractivity contribution in [3.05, 3.63) is 23.7 Å². The SMILES string of the molecule is COCC(O)CCNCc1ccc(CSC(F)F)o1. The van der Waals surface area contributed by atoms with Gasteiger partial charge in [0.2, 0.25) is 0 Å². The minimum Gasteiger partial charge on any atom is -0.464 e. The summed E-state index contributed by atoms with van der Waals surface area (Å²) < 4.78 is 34.2. The van der Waals surface area contributed by atoms with E-state index in [1.54, 1.807) is 19.2 Å². The third-order valence-electron chi connectivity index (χ3n) is 2.38. The standard InChI is InChI=1S/C12H19F2NO3S/c1-17-7-9(16)4-5-15-6-10-2-3-11(18-10)8-19-12(13)14/h2-3,9,12,15-16H,4-8H2,1H3. The minimum atomic E-state index is -2.38. The first-order valence-electron chi connectivity index (χ1n) is 5.97. The zero-order chi connectivity index (χ0) is 14.1. The van der Waals surface area contributed by atoms with Gasteiger partial charge >= 0.3 is 0 Å². The Morgan fingerprint density at radius 3 is 2.84 bits per heavy atom. The maximum atomic E-state index is 12.0. The van der Waals surface area contributed by atoms with Crippen LogP contribution in [0, 0.1) is 0 Å². The monoisotopic (exact) mass is 295 g/mol. The van der Waals surface area contributed by atoms with Gasteiger partial charge in [0.1, 0.15) is 11.5 Å². The van der Waals surface area contributed by atoms with Crippen LogP contribution in [0.4, 0.5) is 8.78 Å². The van der Waals surface area contributed by atoms with Crippen molar-refractivity contribution in [1.82, 2.24) is 5.32 Å². The van der Waals surface area contributed by atoms with Crippen molar-refractivity contribution in [2.75, 3.05) is 20.3 Å². The number of rotatable bonds is 10. The molecule has 110 valence electrons. The van der Waals surface area contributed by atoms with E-state index in [0.29, 0.717) is 49.4 Å². The van der Waals surface area contributed by atoms with Crippen molar-refractivity contribution in [2.24, 2.45) is 0 Å². The van der Waals surface area contributed by atoms with Gasteiger partial charge in [-0.3, -0.25) is 0 Å². The molecule has 0 spiro atoms. The molecule has 19 heavy (non-hydrogen) atoms. The molecule has 0 aliphatic heterocycles. The number of halogens is 2. The summed E-state index contributed by atoms with van der Waals surface area (Å²) in [7, 11) is 1.54. The van der Waals surface area contributed by atoms with E-state index in [0.717, 1.165) is 0 Å². The molecule has 0 amide bonds. The predicted octanol–water partition coefficient (Wildman–Crippen LogP) is 2.22. The van der Waals surface area contributed by atoms with Crippen LogP contribution < -0.4 is 5.32 Å². The molecule has 1 heterocycles. The predicted molar refractivity (Wildman–Crippen MR) is 70.2 cm³/mol. The second kappa shape index (κ2) is 9.30. The quantitative estimate of drug-likeness (QED) is 0.648. The van der Waals surface area contributed by atoms with Crippen LogP contribution in [0.15, 0.2) is 16.5 Å². The fraction of sp³-hybridized carbons (Fsp3) is 0.667. The number of hydrogen-bond acceptors (Lipinski definition) is 5. The third-order valence-corrected chi connectivity index (χ3v) is 3.08. The summed E-state index contributed by atoms with van der Waals surface area (Å²) in [6, 6.07) is 3.46. The Morgan fingerprint density at radius 1 is 1.42 bits per heavy atom. The van der Waals surface area contributed by atoms with Crippen LogP contribution in [0.5, 0.6) is 0 Å². The van der Waals surface area contributed by atoms with E-state index in [2.05, 4.69) is 5.32 Å². The van der Waals surface area contributed by atoms with Crippen molar-refractivity contribution < 1.29 is 23.0 Å². The highest BCUT2D eigenvalue weighted by Gasteiger charge is 2.07. The lowest BCUT2D eigenvalue weighted by atomic mass is 10.2. The Kier molecular flexibility index (Phi) is 8.04. The van der Waals surface area contributed by atoms with E-state index in [1.165, 1.54) is 0 Å². The van der Waals surface area contributed by atoms with Gasteiger partial charge in [-0.25, -0.2) is 0 Å². The van der Waals surface area contributed by atoms with Crippen molar-refractivity contribution in [1.29, 1.82) is 0 Å². The van der Waals surface area contributed by atoms with Gasteiger partial charge in [-0.15, -0.1) is 0 Å². The average Bonchev–Trinajstić information content (AvgIpc) is 2.80. The van der Waals surface area contributed by atoms with Crippen LogP contribution in [0.25, 0.3) is 0 Å². The van der Waals surface area contributed by atoms with Gasteiger partial charge in [0.05, 0.1) is 25.0 Å². The Morgan fingerprint density at radius 2 is 2.16 bits per heavy atom. The largest absolute Gasteiger partial charge is 0.464 e. The maximum absolute atomic E-state index is 12.0. The number of aliphatic hydroxyl groups excluding tert-OH is 1. The molecular weight excluding hydrogens is 276 g/mol. The number of furan rings is 1. The molecule has 0 aliphatic rings. The van der Waals surface area contributed by atoms with Crippen LogP contribution in [0.3, 0.4) is 0 Å². The van der Waals surface area contributed by atoms with E-state index in [9.17, 15) is 13.9 Å². The first-order chi connectivity index (χ1) is 9.11. The van der Waals surface area contributed by atoms with Gasteiger partial charge in [-0.05, 0) is 25.1 Å². The summed E-state index contributed by atoms with van der Waals surface area (Å²) in [5.74, 6) is -0.967. The molecule has 1 aromatic rings. The Balaban J connectivity index is 2.16. The van der Waals surface area contributed by atoms with Crippen molar-refractivity contribution in [2.45, 2.75) is 30.6 Å². The summed E-state index contributed by atoms with van der Waals surface area (Å²) in [5.41, 5.74) is 0. The Labute approximate surface area is 115 Å². The molecule has 7 heteroatoms. The first kappa shape index (κ1) is 16.4. The van der Waals surface area contributed by atoms with E-state index in [4.69, 9.17) is 9.15 Å². The summed E-state index contributed by atoms with van der Waals surface area (Å²) in [5, 5.41) is 12.5. The lowest BCUT2D eigenvalue weighted by Crippen LogP contribution is -2.22. The van der Waals surface area contributed by atoms with Gasteiger partial charge in [0, 0.05) is 7.11 Å². The maximum Gasteiger partial charge on any atom is 0.284 e. The minimum absolute atomic E-state index is 0.171. The molecule has 1 unspecified atom stereocenters. The smallest absolute Gasteiger partial charge is 0.284 e. The van der Waals surface area contributed by atoms with Crippen LogP contribution in [-0.4, -0.2) is 37.2 Å². The number of ether oxygens (including phenoxy) is 1. The zero-order valence-corrected chi connectivity index (χ0v) is 11.6. The lowest BCUT2D eigenvalue weighted by Gasteiger charge is -2.09. The zero-order valence-electron chi connectivity index (χ0n) is 10.8. The number of hydrogen-bond donors (Lipinski definition) is 2. The molecule has 0 saturated carbocycles. The molecule has 0 saturated heterocycles. The summed E-state index contributed by atoms with van der Waals surface area (Å²) >= 11 is 0.541. The fourth-order valence-corrected chi connectivity index (χ4v) is 1.94. The molecule has 0 aromatic carbocycles. The van der Waals surface area contributed by atoms with E-state index in [-0.39, 0.29) is 5.75 Å². The van der Waals surface area contributed by atoms with Crippen molar-refractivity contribution in [3.8, 4) is 0 Å². The topological polar surface area (TPSA) is 54.6 Å². The van der Waals surface area contributed by atoms with Crippen LogP contribution in [-0.2, 0) is 17.0 Å². The summed E-state index contributed by atoms with van der Waals surface area (Å²) in [6.07, 6.45) is 0.106. The molecule has 0 radical (unpaired) electrons. The Hall–Kier alpha value is -0.630. The molecule has 1 aromatic heterocycles. The van der Waals surface area contributed by atoms with Crippen molar-refractivity contribution in [3.63, 3.8) is 0 Å². The van der Waals surface area contributed by atoms with Crippen LogP contribution in [0.2, 0.25) is 0 Å². The molecule has 1 rings (SSSR count). The normalized spacial score (nSPS) is 13.1. The second-order valence-corrected chi connectivity index (χ2v) is 4.99. The fourth-order valence-electron chi connectivity index (χ4n) is 1.50. The van der Waals surface area contributed by atoms with Gasteiger partial charge in [-0.2, -0.15) is 8.78 Å². The molecule has 0 aliphatic carbocycles. The summed E-state index contributed by atoms with van der Waals surface area (Å²) in [6.45, 7) is 1.46. The molecule has 1 atom stereocenters. The molecule has 0 bridgehead atoms. The van der Waals surface area contributed by atoms with Crippen LogP contribution in [0.1, 0.15) is 17.9 Å². The van der Waals surface area contributed by atoms with Gasteiger partial charge in [0.15, 0.2) is 0 Å². The highest BCUT2D eigenvalue weighted by molar-refractivity contribution is 7.98. The molecule has 2 N–H and O–H groups in total. The van der Waals surface area contributed by atoms with Gasteiger partial charge in [-0.1, -0.05) is 11.8 Å². The molecule has 4 nitrogen and oxygen atoms in total. The number of nitrogens with one attached hydrogen (secondary N) is 1. The summed E-state index contributed by atoms with van der Waals surface area (Å²) in [4.78, 5) is 0. The third kappa shape index (κ3) is 7.51. The number of thioether (sulfide) groups is 1. The second-order valence-electron chi connectivity index (χ2n) is 4.01. The average molecular weight is 295 g/mol. The van der Waals surface area contributed by atoms with E-state index < -0.39 is 11.9 Å². The first-order valence-corrected chi connectivity index (χ1v) is 7.01. The number of alkyl halides is 2. The van der Waals surface area contributed by atoms with Gasteiger partial charge in [0.25, 0.3) is 5.76 Å². The molecular formula is C12H19F2NO3S. The highest BCUT2D eigenvalue weighted by atomic mass is 32.2. The molecule has 0 fully saturated rings. The highest BCUT2D eigenvalue weighted by Crippen LogP contribution is 2.21. The van der Waals surface area contributed by atoms with Crippen LogP contribution >= 0.6 is 11.8 Å². The lowest BCUT2D eigenvalue weighted by molar-refractivity contribution is 0.0593. The van der Waals surface area contributed by atoms with Gasteiger partial charge < -0.3 is 19.6 Å². The number of aliphatic hydroxyl groups is 1. The van der Waals surface area contributed by atoms with Crippen molar-refractivity contribution >= 4 is 11.8 Å². The van der Waals surface area contributed by atoms with E-state index >= 15 is 0 Å². The number of methoxy groups -OCH3 is 1.